The second kappa shape index (κ2) is 2.74. The third-order valence-electron chi connectivity index (χ3n) is 3.57. The Hall–Kier alpha value is -1.02. The van der Waals surface area contributed by atoms with Crippen LogP contribution < -0.4 is 4.90 Å². The monoisotopic (exact) mass is 188 g/mol. The second-order valence-electron chi connectivity index (χ2n) is 4.63. The van der Waals surface area contributed by atoms with Gasteiger partial charge in [-0.1, -0.05) is 18.2 Å². The SMILES string of the molecule is CN1CC2(CCN2c2ccccc2)C1. The Bertz CT molecular complexity index is 327. The maximum absolute atomic E-state index is 2.56. The van der Waals surface area contributed by atoms with Crippen molar-refractivity contribution in [1.29, 1.82) is 0 Å². The predicted octanol–water partition coefficient (Wildman–Crippen LogP) is 1.58. The molecule has 0 aliphatic carbocycles. The zero-order valence-corrected chi connectivity index (χ0v) is 8.61. The standard InChI is InChI=1S/C12H16N2/c1-13-9-12(10-13)7-8-14(12)11-5-3-2-4-6-11/h2-6H,7-10H2,1H3. The minimum Gasteiger partial charge on any atom is -0.363 e. The molecule has 0 bridgehead atoms. The molecule has 0 N–H and O–H groups in total. The summed E-state index contributed by atoms with van der Waals surface area (Å²) in [7, 11) is 2.20. The highest BCUT2D eigenvalue weighted by Gasteiger charge is 2.51. The highest BCUT2D eigenvalue weighted by Crippen LogP contribution is 2.41. The van der Waals surface area contributed by atoms with Gasteiger partial charge in [0.25, 0.3) is 0 Å². The molecule has 2 heterocycles. The first-order valence-electron chi connectivity index (χ1n) is 5.31. The van der Waals surface area contributed by atoms with Gasteiger partial charge in [-0.3, -0.25) is 0 Å². The van der Waals surface area contributed by atoms with E-state index in [1.165, 1.54) is 31.7 Å². The zero-order chi connectivity index (χ0) is 9.60. The molecule has 0 amide bonds. The Kier molecular flexibility index (Phi) is 1.62. The molecule has 2 heteroatoms. The summed E-state index contributed by atoms with van der Waals surface area (Å²) in [6.07, 6.45) is 1.37. The Labute approximate surface area is 85.1 Å². The van der Waals surface area contributed by atoms with Crippen LogP contribution in [0.5, 0.6) is 0 Å². The average Bonchev–Trinajstić information content (AvgIpc) is 2.13. The van der Waals surface area contributed by atoms with Crippen LogP contribution in [0.1, 0.15) is 6.42 Å². The molecule has 0 saturated carbocycles. The van der Waals surface area contributed by atoms with Crippen molar-refractivity contribution in [2.24, 2.45) is 0 Å². The molecule has 0 aromatic heterocycles. The highest BCUT2D eigenvalue weighted by molar-refractivity contribution is 5.53. The van der Waals surface area contributed by atoms with Gasteiger partial charge in [0.2, 0.25) is 0 Å². The molecule has 0 unspecified atom stereocenters. The quantitative estimate of drug-likeness (QED) is 0.660. The molecule has 0 atom stereocenters. The third-order valence-corrected chi connectivity index (χ3v) is 3.57. The molecule has 2 aliphatic heterocycles. The Morgan fingerprint density at radius 2 is 1.86 bits per heavy atom. The van der Waals surface area contributed by atoms with Gasteiger partial charge in [0.05, 0.1) is 5.54 Å². The van der Waals surface area contributed by atoms with Gasteiger partial charge in [0.15, 0.2) is 0 Å². The minimum atomic E-state index is 0.496. The van der Waals surface area contributed by atoms with E-state index in [9.17, 15) is 0 Å². The van der Waals surface area contributed by atoms with Crippen LogP contribution in [0, 0.1) is 0 Å². The fourth-order valence-corrected chi connectivity index (χ4v) is 2.84. The van der Waals surface area contributed by atoms with E-state index < -0.39 is 0 Å². The molecule has 74 valence electrons. The fraction of sp³-hybridized carbons (Fsp3) is 0.500. The Morgan fingerprint density at radius 3 is 2.36 bits per heavy atom. The number of benzene rings is 1. The van der Waals surface area contributed by atoms with E-state index in [2.05, 4.69) is 47.2 Å². The van der Waals surface area contributed by atoms with Crippen molar-refractivity contribution in [3.8, 4) is 0 Å². The van der Waals surface area contributed by atoms with E-state index in [4.69, 9.17) is 0 Å². The lowest BCUT2D eigenvalue weighted by Gasteiger charge is -2.63. The number of likely N-dealkylation sites (N-methyl/N-ethyl adjacent to an activating group) is 1. The summed E-state index contributed by atoms with van der Waals surface area (Å²) in [5.74, 6) is 0. The van der Waals surface area contributed by atoms with Gasteiger partial charge in [-0.2, -0.15) is 0 Å². The Balaban J connectivity index is 1.82. The van der Waals surface area contributed by atoms with Gasteiger partial charge in [-0.25, -0.2) is 0 Å². The topological polar surface area (TPSA) is 6.48 Å². The Morgan fingerprint density at radius 1 is 1.14 bits per heavy atom. The molecule has 2 nitrogen and oxygen atoms in total. The molecule has 1 aromatic rings. The van der Waals surface area contributed by atoms with Crippen LogP contribution in [0.25, 0.3) is 0 Å². The van der Waals surface area contributed by atoms with Crippen molar-refractivity contribution in [3.63, 3.8) is 0 Å². The summed E-state index contributed by atoms with van der Waals surface area (Å²) < 4.78 is 0. The number of rotatable bonds is 1. The van der Waals surface area contributed by atoms with E-state index in [0.29, 0.717) is 5.54 Å². The molecule has 2 saturated heterocycles. The molecule has 14 heavy (non-hydrogen) atoms. The summed E-state index contributed by atoms with van der Waals surface area (Å²) in [4.78, 5) is 4.96. The van der Waals surface area contributed by atoms with Crippen molar-refractivity contribution in [2.75, 3.05) is 31.6 Å². The fourth-order valence-electron chi connectivity index (χ4n) is 2.84. The van der Waals surface area contributed by atoms with Crippen LogP contribution in [-0.4, -0.2) is 37.1 Å². The van der Waals surface area contributed by atoms with Gasteiger partial charge in [-0.15, -0.1) is 0 Å². The van der Waals surface area contributed by atoms with Crippen molar-refractivity contribution < 1.29 is 0 Å². The lowest BCUT2D eigenvalue weighted by molar-refractivity contribution is 0.0469. The van der Waals surface area contributed by atoms with Crippen molar-refractivity contribution in [2.45, 2.75) is 12.0 Å². The minimum absolute atomic E-state index is 0.496. The van der Waals surface area contributed by atoms with Crippen molar-refractivity contribution in [1.82, 2.24) is 4.90 Å². The van der Waals surface area contributed by atoms with Crippen LogP contribution in [0.2, 0.25) is 0 Å². The van der Waals surface area contributed by atoms with E-state index in [-0.39, 0.29) is 0 Å². The van der Waals surface area contributed by atoms with Gasteiger partial charge >= 0.3 is 0 Å². The predicted molar refractivity (Wildman–Crippen MR) is 58.6 cm³/mol. The summed E-state index contributed by atoms with van der Waals surface area (Å²) in [6.45, 7) is 3.71. The van der Waals surface area contributed by atoms with Crippen LogP contribution >= 0.6 is 0 Å². The van der Waals surface area contributed by atoms with E-state index in [0.717, 1.165) is 0 Å². The lowest BCUT2D eigenvalue weighted by Crippen LogP contribution is -2.76. The number of hydrogen-bond donors (Lipinski definition) is 0. The summed E-state index contributed by atoms with van der Waals surface area (Å²) >= 11 is 0. The first-order chi connectivity index (χ1) is 6.80. The van der Waals surface area contributed by atoms with Crippen LogP contribution in [0.15, 0.2) is 30.3 Å². The van der Waals surface area contributed by atoms with E-state index >= 15 is 0 Å². The van der Waals surface area contributed by atoms with Crippen molar-refractivity contribution in [3.05, 3.63) is 30.3 Å². The lowest BCUT2D eigenvalue weighted by atomic mass is 9.77. The molecule has 1 aromatic carbocycles. The van der Waals surface area contributed by atoms with Crippen LogP contribution in [0.3, 0.4) is 0 Å². The molecular weight excluding hydrogens is 172 g/mol. The van der Waals surface area contributed by atoms with Crippen LogP contribution in [0.4, 0.5) is 5.69 Å². The first kappa shape index (κ1) is 8.30. The highest BCUT2D eigenvalue weighted by atomic mass is 15.4. The molecule has 1 spiro atoms. The number of nitrogens with zero attached hydrogens (tertiary/aromatic N) is 2. The molecule has 2 fully saturated rings. The maximum atomic E-state index is 2.56. The van der Waals surface area contributed by atoms with Gasteiger partial charge in [0.1, 0.15) is 0 Å². The van der Waals surface area contributed by atoms with Gasteiger partial charge < -0.3 is 9.80 Å². The van der Waals surface area contributed by atoms with E-state index in [1.54, 1.807) is 0 Å². The smallest absolute Gasteiger partial charge is 0.0671 e. The largest absolute Gasteiger partial charge is 0.363 e. The summed E-state index contributed by atoms with van der Waals surface area (Å²) in [6, 6.07) is 10.8. The second-order valence-corrected chi connectivity index (χ2v) is 4.63. The van der Waals surface area contributed by atoms with Crippen molar-refractivity contribution >= 4 is 5.69 Å². The number of anilines is 1. The zero-order valence-electron chi connectivity index (χ0n) is 8.61. The maximum Gasteiger partial charge on any atom is 0.0671 e. The van der Waals surface area contributed by atoms with E-state index in [1.807, 2.05) is 0 Å². The normalized spacial score (nSPS) is 24.5. The molecule has 3 rings (SSSR count). The van der Waals surface area contributed by atoms with Gasteiger partial charge in [-0.05, 0) is 25.6 Å². The molecular formula is C12H16N2. The number of para-hydroxylation sites is 1. The number of hydrogen-bond acceptors (Lipinski definition) is 2. The van der Waals surface area contributed by atoms with Gasteiger partial charge in [0, 0.05) is 25.3 Å². The molecule has 2 aliphatic rings. The third kappa shape index (κ3) is 1.01. The molecule has 0 radical (unpaired) electrons. The summed E-state index contributed by atoms with van der Waals surface area (Å²) in [5, 5.41) is 0. The average molecular weight is 188 g/mol. The number of likely N-dealkylation sites (tertiary alicyclic amines) is 1. The first-order valence-corrected chi connectivity index (χ1v) is 5.31. The summed E-state index contributed by atoms with van der Waals surface area (Å²) in [5.41, 5.74) is 1.89. The van der Waals surface area contributed by atoms with Crippen LogP contribution in [-0.2, 0) is 0 Å².